The number of rotatable bonds is 6. The van der Waals surface area contributed by atoms with Crippen LogP contribution in [0.4, 0.5) is 5.69 Å². The first kappa shape index (κ1) is 22.9. The van der Waals surface area contributed by atoms with Gasteiger partial charge < -0.3 is 9.88 Å². The van der Waals surface area contributed by atoms with Crippen molar-refractivity contribution in [2.45, 2.75) is 25.8 Å². The summed E-state index contributed by atoms with van der Waals surface area (Å²) in [4.78, 5) is 46.0. The molecule has 176 valence electrons. The summed E-state index contributed by atoms with van der Waals surface area (Å²) >= 11 is 5.98. The maximum absolute atomic E-state index is 13.6. The Labute approximate surface area is 208 Å². The van der Waals surface area contributed by atoms with E-state index in [2.05, 4.69) is 4.98 Å². The Hall–Kier alpha value is -3.90. The number of fused-ring (bicyclic) bond motifs is 1. The first-order valence-corrected chi connectivity index (χ1v) is 11.8. The summed E-state index contributed by atoms with van der Waals surface area (Å²) in [5.74, 6) is -1.01. The fraction of sp³-hybridized carbons (Fsp3) is 0.179. The second-order valence-electron chi connectivity index (χ2n) is 8.74. The van der Waals surface area contributed by atoms with Crippen LogP contribution in [-0.2, 0) is 16.0 Å². The number of hydrogen-bond donors (Lipinski definition) is 1. The van der Waals surface area contributed by atoms with Crippen LogP contribution in [0.3, 0.4) is 0 Å². The number of aromatic nitrogens is 1. The molecule has 0 spiro atoms. The molecule has 1 N–H and O–H groups in total. The summed E-state index contributed by atoms with van der Waals surface area (Å²) < 4.78 is 0. The van der Waals surface area contributed by atoms with Gasteiger partial charge in [-0.3, -0.25) is 14.4 Å². The number of halogens is 1. The van der Waals surface area contributed by atoms with Gasteiger partial charge in [-0.15, -0.1) is 0 Å². The molecular weight excluding hydrogens is 462 g/mol. The third kappa shape index (κ3) is 4.45. The van der Waals surface area contributed by atoms with Gasteiger partial charge in [-0.05, 0) is 61.4 Å². The molecule has 4 aromatic rings. The molecule has 1 aliphatic rings. The lowest BCUT2D eigenvalue weighted by Gasteiger charge is -2.28. The van der Waals surface area contributed by atoms with Gasteiger partial charge in [0.15, 0.2) is 0 Å². The van der Waals surface area contributed by atoms with Crippen LogP contribution in [-0.4, -0.2) is 40.2 Å². The normalized spacial score (nSPS) is 15.7. The van der Waals surface area contributed by atoms with Gasteiger partial charge in [0.2, 0.25) is 5.91 Å². The molecule has 3 aromatic carbocycles. The van der Waals surface area contributed by atoms with Crippen LogP contribution in [0.5, 0.6) is 0 Å². The molecule has 0 saturated carbocycles. The van der Waals surface area contributed by atoms with Gasteiger partial charge >= 0.3 is 0 Å². The fourth-order valence-corrected chi connectivity index (χ4v) is 4.69. The highest BCUT2D eigenvalue weighted by Crippen LogP contribution is 2.28. The lowest BCUT2D eigenvalue weighted by molar-refractivity contribution is -0.122. The Morgan fingerprint density at radius 3 is 2.49 bits per heavy atom. The van der Waals surface area contributed by atoms with Crippen LogP contribution in [0.15, 0.2) is 79.0 Å². The number of aryl methyl sites for hydroxylation is 1. The maximum Gasteiger partial charge on any atom is 0.257 e. The predicted molar refractivity (Wildman–Crippen MR) is 137 cm³/mol. The molecule has 35 heavy (non-hydrogen) atoms. The Bertz CT molecular complexity index is 1410. The van der Waals surface area contributed by atoms with Crippen LogP contribution in [0.1, 0.15) is 27.9 Å². The van der Waals surface area contributed by atoms with E-state index in [9.17, 15) is 14.4 Å². The van der Waals surface area contributed by atoms with Crippen molar-refractivity contribution in [3.8, 4) is 0 Å². The number of nitrogens with zero attached hydrogens (tertiary/aromatic N) is 2. The molecule has 1 aromatic heterocycles. The van der Waals surface area contributed by atoms with E-state index >= 15 is 0 Å². The number of carbonyl (C=O) groups is 3. The largest absolute Gasteiger partial charge is 0.361 e. The quantitative estimate of drug-likeness (QED) is 0.384. The Kier molecular flexibility index (Phi) is 6.14. The zero-order valence-electron chi connectivity index (χ0n) is 19.2. The number of nitrogens with one attached hydrogen (secondary N) is 1. The second-order valence-corrected chi connectivity index (χ2v) is 9.17. The molecule has 0 aliphatic carbocycles. The standard InChI is InChI=1S/C28H24ClN3O3/c1-18-6-8-19(9-7-18)27(34)31(15-14-20-17-30-24-5-3-2-4-23(20)24)25-16-26(33)32(28(25)35)22-12-10-21(29)11-13-22/h2-13,17,25,30H,14-16H2,1H3. The van der Waals surface area contributed by atoms with Crippen LogP contribution in [0, 0.1) is 6.92 Å². The van der Waals surface area contributed by atoms with E-state index in [1.54, 1.807) is 41.3 Å². The Morgan fingerprint density at radius 2 is 1.74 bits per heavy atom. The Balaban J connectivity index is 1.46. The molecule has 1 aliphatic heterocycles. The average Bonchev–Trinajstić information content (AvgIpc) is 3.40. The second kappa shape index (κ2) is 9.39. The number of para-hydroxylation sites is 1. The molecule has 1 atom stereocenters. The number of aromatic amines is 1. The van der Waals surface area contributed by atoms with Crippen LogP contribution in [0.25, 0.3) is 10.9 Å². The van der Waals surface area contributed by atoms with Gasteiger partial charge in [0.25, 0.3) is 11.8 Å². The highest BCUT2D eigenvalue weighted by Gasteiger charge is 2.44. The van der Waals surface area contributed by atoms with E-state index in [1.807, 2.05) is 49.5 Å². The number of benzene rings is 3. The number of imide groups is 1. The molecule has 7 heteroatoms. The average molecular weight is 486 g/mol. The monoisotopic (exact) mass is 485 g/mol. The van der Waals surface area contributed by atoms with Gasteiger partial charge in [-0.2, -0.15) is 0 Å². The van der Waals surface area contributed by atoms with Gasteiger partial charge in [-0.25, -0.2) is 4.90 Å². The summed E-state index contributed by atoms with van der Waals surface area (Å²) in [6.45, 7) is 2.25. The molecule has 5 rings (SSSR count). The van der Waals surface area contributed by atoms with Crippen molar-refractivity contribution in [1.82, 2.24) is 9.88 Å². The zero-order chi connectivity index (χ0) is 24.5. The minimum absolute atomic E-state index is 0.0626. The first-order valence-electron chi connectivity index (χ1n) is 11.5. The lowest BCUT2D eigenvalue weighted by atomic mass is 10.1. The maximum atomic E-state index is 13.6. The van der Waals surface area contributed by atoms with Crippen LogP contribution >= 0.6 is 11.6 Å². The van der Waals surface area contributed by atoms with E-state index in [1.165, 1.54) is 0 Å². The third-order valence-corrected chi connectivity index (χ3v) is 6.69. The van der Waals surface area contributed by atoms with Gasteiger partial charge in [-0.1, -0.05) is 47.5 Å². The van der Waals surface area contributed by atoms with Crippen molar-refractivity contribution >= 4 is 45.9 Å². The van der Waals surface area contributed by atoms with Crippen molar-refractivity contribution in [3.05, 3.63) is 101 Å². The third-order valence-electron chi connectivity index (χ3n) is 6.44. The SMILES string of the molecule is Cc1ccc(C(=O)N(CCc2c[nH]c3ccccc23)C2CC(=O)N(c3ccc(Cl)cc3)C2=O)cc1. The van der Waals surface area contributed by atoms with Crippen molar-refractivity contribution in [2.24, 2.45) is 0 Å². The topological polar surface area (TPSA) is 73.5 Å². The van der Waals surface area contributed by atoms with Crippen LogP contribution < -0.4 is 4.90 Å². The van der Waals surface area contributed by atoms with Crippen molar-refractivity contribution < 1.29 is 14.4 Å². The molecule has 0 radical (unpaired) electrons. The van der Waals surface area contributed by atoms with Gasteiger partial charge in [0.1, 0.15) is 6.04 Å². The van der Waals surface area contributed by atoms with Gasteiger partial charge in [0.05, 0.1) is 12.1 Å². The highest BCUT2D eigenvalue weighted by molar-refractivity contribution is 6.31. The number of H-pyrrole nitrogens is 1. The number of amides is 3. The van der Waals surface area contributed by atoms with E-state index in [-0.39, 0.29) is 18.2 Å². The molecule has 1 fully saturated rings. The minimum Gasteiger partial charge on any atom is -0.361 e. The fourth-order valence-electron chi connectivity index (χ4n) is 4.56. The number of anilines is 1. The summed E-state index contributed by atoms with van der Waals surface area (Å²) in [7, 11) is 0. The van der Waals surface area contributed by atoms with E-state index in [0.29, 0.717) is 29.2 Å². The molecule has 3 amide bonds. The lowest BCUT2D eigenvalue weighted by Crippen LogP contribution is -2.46. The smallest absolute Gasteiger partial charge is 0.257 e. The molecule has 6 nitrogen and oxygen atoms in total. The molecule has 2 heterocycles. The van der Waals surface area contributed by atoms with E-state index in [4.69, 9.17) is 11.6 Å². The summed E-state index contributed by atoms with van der Waals surface area (Å²) in [5, 5.41) is 1.59. The van der Waals surface area contributed by atoms with Crippen molar-refractivity contribution in [1.29, 1.82) is 0 Å². The summed E-state index contributed by atoms with van der Waals surface area (Å²) in [5.41, 5.74) is 4.03. The van der Waals surface area contributed by atoms with E-state index < -0.39 is 11.9 Å². The summed E-state index contributed by atoms with van der Waals surface area (Å²) in [6.07, 6.45) is 2.41. The van der Waals surface area contributed by atoms with Crippen molar-refractivity contribution in [3.63, 3.8) is 0 Å². The number of carbonyl (C=O) groups excluding carboxylic acids is 3. The summed E-state index contributed by atoms with van der Waals surface area (Å²) in [6, 6.07) is 20.9. The Morgan fingerprint density at radius 1 is 1.03 bits per heavy atom. The van der Waals surface area contributed by atoms with E-state index in [0.717, 1.165) is 26.9 Å². The number of hydrogen-bond acceptors (Lipinski definition) is 3. The molecule has 1 unspecified atom stereocenters. The molecular formula is C28H24ClN3O3. The first-order chi connectivity index (χ1) is 16.9. The highest BCUT2D eigenvalue weighted by atomic mass is 35.5. The van der Waals surface area contributed by atoms with Gasteiger partial charge in [0, 0.05) is 34.2 Å². The van der Waals surface area contributed by atoms with Crippen LogP contribution in [0.2, 0.25) is 5.02 Å². The predicted octanol–water partition coefficient (Wildman–Crippen LogP) is 5.15. The zero-order valence-corrected chi connectivity index (χ0v) is 20.0. The molecule has 1 saturated heterocycles. The van der Waals surface area contributed by atoms with Crippen molar-refractivity contribution in [2.75, 3.05) is 11.4 Å². The minimum atomic E-state index is -0.878. The molecule has 0 bridgehead atoms.